The van der Waals surface area contributed by atoms with Crippen LogP contribution in [0, 0.1) is 6.92 Å². The zero-order chi connectivity index (χ0) is 14.7. The molecule has 0 heterocycles. The van der Waals surface area contributed by atoms with Gasteiger partial charge in [-0.1, -0.05) is 72.8 Å². The van der Waals surface area contributed by atoms with Crippen molar-refractivity contribution in [3.8, 4) is 28.0 Å². The maximum Gasteiger partial charge on any atom is 0.130 e. The number of hydrogen-bond acceptors (Lipinski definition) is 1. The molecule has 3 rings (SSSR count). The van der Waals surface area contributed by atoms with Crippen LogP contribution in [-0.4, -0.2) is 7.11 Å². The third kappa shape index (κ3) is 2.55. The lowest BCUT2D eigenvalue weighted by Crippen LogP contribution is -1.94. The SMILES string of the molecule is [CH2]c1ccc(-c2ccccc2)c(-c2ccccc2)c1OC. The van der Waals surface area contributed by atoms with Crippen molar-refractivity contribution < 1.29 is 4.74 Å². The third-order valence-corrected chi connectivity index (χ3v) is 3.59. The summed E-state index contributed by atoms with van der Waals surface area (Å²) in [7, 11) is 1.70. The first-order valence-electron chi connectivity index (χ1n) is 6.95. The van der Waals surface area contributed by atoms with E-state index in [2.05, 4.69) is 49.4 Å². The van der Waals surface area contributed by atoms with E-state index in [9.17, 15) is 0 Å². The zero-order valence-electron chi connectivity index (χ0n) is 12.0. The van der Waals surface area contributed by atoms with Gasteiger partial charge in [-0.2, -0.15) is 0 Å². The fourth-order valence-corrected chi connectivity index (χ4v) is 2.61. The summed E-state index contributed by atoms with van der Waals surface area (Å²) in [5, 5.41) is 0. The van der Waals surface area contributed by atoms with Crippen LogP contribution in [0.5, 0.6) is 5.75 Å². The minimum absolute atomic E-state index is 0.836. The number of hydrogen-bond donors (Lipinski definition) is 0. The Morgan fingerprint density at radius 2 is 1.29 bits per heavy atom. The second-order valence-electron chi connectivity index (χ2n) is 4.91. The number of benzene rings is 3. The smallest absolute Gasteiger partial charge is 0.130 e. The standard InChI is InChI=1S/C20H17O/c1-15-13-14-18(16-9-5-3-6-10-16)19(20(15)21-2)17-11-7-4-8-12-17/h3-14H,1H2,2H3. The second kappa shape index (κ2) is 5.84. The molecule has 0 unspecified atom stereocenters. The minimum Gasteiger partial charge on any atom is -0.496 e. The van der Waals surface area contributed by atoms with E-state index >= 15 is 0 Å². The second-order valence-corrected chi connectivity index (χ2v) is 4.91. The molecular formula is C20H17O. The van der Waals surface area contributed by atoms with Crippen LogP contribution in [0.4, 0.5) is 0 Å². The van der Waals surface area contributed by atoms with Crippen LogP contribution in [0.3, 0.4) is 0 Å². The van der Waals surface area contributed by atoms with E-state index < -0.39 is 0 Å². The average Bonchev–Trinajstić information content (AvgIpc) is 2.56. The quantitative estimate of drug-likeness (QED) is 0.636. The molecule has 0 aliphatic rings. The van der Waals surface area contributed by atoms with E-state index in [1.165, 1.54) is 5.56 Å². The molecule has 103 valence electrons. The van der Waals surface area contributed by atoms with Crippen molar-refractivity contribution in [1.29, 1.82) is 0 Å². The lowest BCUT2D eigenvalue weighted by atomic mass is 9.92. The normalized spacial score (nSPS) is 10.4. The molecule has 0 aliphatic heterocycles. The Balaban J connectivity index is 2.31. The van der Waals surface area contributed by atoms with Gasteiger partial charge >= 0.3 is 0 Å². The van der Waals surface area contributed by atoms with Gasteiger partial charge in [-0.25, -0.2) is 0 Å². The first-order chi connectivity index (χ1) is 10.3. The average molecular weight is 273 g/mol. The lowest BCUT2D eigenvalue weighted by molar-refractivity contribution is 0.415. The van der Waals surface area contributed by atoms with E-state index in [0.29, 0.717) is 0 Å². The Hall–Kier alpha value is -2.54. The molecule has 0 N–H and O–H groups in total. The van der Waals surface area contributed by atoms with Gasteiger partial charge in [0.2, 0.25) is 0 Å². The summed E-state index contributed by atoms with van der Waals surface area (Å²) in [6, 6.07) is 24.8. The molecule has 0 saturated carbocycles. The van der Waals surface area contributed by atoms with Crippen LogP contribution < -0.4 is 4.74 Å². The van der Waals surface area contributed by atoms with Crippen molar-refractivity contribution in [3.63, 3.8) is 0 Å². The van der Waals surface area contributed by atoms with E-state index in [1.807, 2.05) is 30.3 Å². The van der Waals surface area contributed by atoms with Gasteiger partial charge in [0.25, 0.3) is 0 Å². The van der Waals surface area contributed by atoms with Gasteiger partial charge in [0.15, 0.2) is 0 Å². The fourth-order valence-electron chi connectivity index (χ4n) is 2.61. The summed E-state index contributed by atoms with van der Waals surface area (Å²) in [5.41, 5.74) is 5.47. The Kier molecular flexibility index (Phi) is 3.74. The summed E-state index contributed by atoms with van der Waals surface area (Å²) < 4.78 is 5.63. The first-order valence-corrected chi connectivity index (χ1v) is 6.95. The van der Waals surface area contributed by atoms with Crippen molar-refractivity contribution >= 4 is 0 Å². The molecule has 21 heavy (non-hydrogen) atoms. The Labute approximate surface area is 125 Å². The van der Waals surface area contributed by atoms with Crippen molar-refractivity contribution in [2.45, 2.75) is 0 Å². The van der Waals surface area contributed by atoms with Gasteiger partial charge in [0.05, 0.1) is 7.11 Å². The first kappa shape index (κ1) is 13.4. The summed E-state index contributed by atoms with van der Waals surface area (Å²) in [6.07, 6.45) is 0. The van der Waals surface area contributed by atoms with Crippen LogP contribution in [0.2, 0.25) is 0 Å². The molecule has 1 nitrogen and oxygen atoms in total. The van der Waals surface area contributed by atoms with Crippen LogP contribution in [0.1, 0.15) is 5.56 Å². The summed E-state index contributed by atoms with van der Waals surface area (Å²) in [5.74, 6) is 0.836. The molecule has 3 aromatic rings. The predicted octanol–water partition coefficient (Wildman–Crippen LogP) is 5.21. The van der Waals surface area contributed by atoms with Crippen molar-refractivity contribution in [2.24, 2.45) is 0 Å². The minimum atomic E-state index is 0.836. The number of ether oxygens (including phenoxy) is 1. The van der Waals surface area contributed by atoms with Gasteiger partial charge in [0, 0.05) is 5.56 Å². The molecule has 0 fully saturated rings. The molecular weight excluding hydrogens is 256 g/mol. The molecule has 1 radical (unpaired) electrons. The maximum absolute atomic E-state index is 5.63. The van der Waals surface area contributed by atoms with Crippen molar-refractivity contribution in [3.05, 3.63) is 85.3 Å². The van der Waals surface area contributed by atoms with Gasteiger partial charge < -0.3 is 4.74 Å². The van der Waals surface area contributed by atoms with E-state index in [-0.39, 0.29) is 0 Å². The summed E-state index contributed by atoms with van der Waals surface area (Å²) >= 11 is 0. The Morgan fingerprint density at radius 3 is 1.86 bits per heavy atom. The van der Waals surface area contributed by atoms with E-state index in [1.54, 1.807) is 7.11 Å². The monoisotopic (exact) mass is 273 g/mol. The summed E-state index contributed by atoms with van der Waals surface area (Å²) in [4.78, 5) is 0. The van der Waals surface area contributed by atoms with Crippen molar-refractivity contribution in [2.75, 3.05) is 7.11 Å². The molecule has 1 heteroatoms. The van der Waals surface area contributed by atoms with E-state index in [4.69, 9.17) is 4.74 Å². The van der Waals surface area contributed by atoms with Crippen molar-refractivity contribution in [1.82, 2.24) is 0 Å². The molecule has 0 spiro atoms. The predicted molar refractivity (Wildman–Crippen MR) is 88.3 cm³/mol. The third-order valence-electron chi connectivity index (χ3n) is 3.59. The Bertz CT molecular complexity index is 731. The topological polar surface area (TPSA) is 9.23 Å². The Morgan fingerprint density at radius 1 is 0.714 bits per heavy atom. The molecule has 0 atom stereocenters. The largest absolute Gasteiger partial charge is 0.496 e. The highest BCUT2D eigenvalue weighted by molar-refractivity contribution is 5.88. The maximum atomic E-state index is 5.63. The highest BCUT2D eigenvalue weighted by Gasteiger charge is 2.15. The molecule has 0 amide bonds. The molecule has 0 bridgehead atoms. The molecule has 0 saturated heterocycles. The zero-order valence-corrected chi connectivity index (χ0v) is 12.0. The van der Waals surface area contributed by atoms with Crippen LogP contribution in [-0.2, 0) is 0 Å². The van der Waals surface area contributed by atoms with Gasteiger partial charge in [-0.05, 0) is 29.2 Å². The van der Waals surface area contributed by atoms with E-state index in [0.717, 1.165) is 28.0 Å². The van der Waals surface area contributed by atoms with Crippen LogP contribution in [0.15, 0.2) is 72.8 Å². The van der Waals surface area contributed by atoms with Gasteiger partial charge in [0.1, 0.15) is 5.75 Å². The summed E-state index contributed by atoms with van der Waals surface area (Å²) in [6.45, 7) is 4.09. The molecule has 0 aliphatic carbocycles. The van der Waals surface area contributed by atoms with Crippen LogP contribution >= 0.6 is 0 Å². The van der Waals surface area contributed by atoms with Gasteiger partial charge in [-0.3, -0.25) is 0 Å². The number of rotatable bonds is 3. The molecule has 3 aromatic carbocycles. The number of methoxy groups -OCH3 is 1. The highest BCUT2D eigenvalue weighted by atomic mass is 16.5. The molecule has 0 aromatic heterocycles. The lowest BCUT2D eigenvalue weighted by Gasteiger charge is -2.17. The van der Waals surface area contributed by atoms with Gasteiger partial charge in [-0.15, -0.1) is 0 Å². The fraction of sp³-hybridized carbons (Fsp3) is 0.0500. The van der Waals surface area contributed by atoms with Crippen LogP contribution in [0.25, 0.3) is 22.3 Å². The highest BCUT2D eigenvalue weighted by Crippen LogP contribution is 2.40.